The van der Waals surface area contributed by atoms with Gasteiger partial charge in [0.25, 0.3) is 0 Å². The van der Waals surface area contributed by atoms with Crippen LogP contribution in [0.1, 0.15) is 49.9 Å². The number of benzene rings is 9. The molecule has 0 heterocycles. The standard InChI is InChI=1S/C52H39N/c1-51(2)43-28-34-18-10-8-16-32(34)26-41(43)49-39-24-14-12-22-37(39)47(30-45(49)51)53(36-20-6-5-7-21-36)48-31-46-50(40-25-15-13-23-38(40)48)42-27-33-17-9-11-19-35(33)29-44(42)52(46,3)4/h5-31H,1-4H3. The summed E-state index contributed by atoms with van der Waals surface area (Å²) < 4.78 is 0. The lowest BCUT2D eigenvalue weighted by Crippen LogP contribution is -2.18. The van der Waals surface area contributed by atoms with Crippen LogP contribution in [-0.2, 0) is 10.8 Å². The molecule has 0 fully saturated rings. The van der Waals surface area contributed by atoms with Gasteiger partial charge in [-0.15, -0.1) is 0 Å². The summed E-state index contributed by atoms with van der Waals surface area (Å²) in [4.78, 5) is 2.55. The molecule has 0 amide bonds. The Morgan fingerprint density at radius 2 is 0.698 bits per heavy atom. The van der Waals surface area contributed by atoms with Crippen molar-refractivity contribution in [3.05, 3.63) is 186 Å². The number of hydrogen-bond acceptors (Lipinski definition) is 1. The van der Waals surface area contributed by atoms with E-state index in [1.807, 2.05) is 0 Å². The molecule has 0 aliphatic heterocycles. The van der Waals surface area contributed by atoms with Gasteiger partial charge >= 0.3 is 0 Å². The van der Waals surface area contributed by atoms with Gasteiger partial charge in [-0.1, -0.05) is 143 Å². The Hall–Kier alpha value is -6.18. The number of para-hydroxylation sites is 1. The Labute approximate surface area is 310 Å². The number of nitrogens with zero attached hydrogens (tertiary/aromatic N) is 1. The molecular weight excluding hydrogens is 639 g/mol. The summed E-state index contributed by atoms with van der Waals surface area (Å²) in [6.45, 7) is 9.64. The summed E-state index contributed by atoms with van der Waals surface area (Å²) >= 11 is 0. The molecule has 252 valence electrons. The number of fused-ring (bicyclic) bond motifs is 12. The first kappa shape index (κ1) is 30.4. The van der Waals surface area contributed by atoms with Crippen molar-refractivity contribution in [1.82, 2.24) is 0 Å². The molecule has 0 spiro atoms. The van der Waals surface area contributed by atoms with Crippen molar-refractivity contribution in [3.63, 3.8) is 0 Å². The Bertz CT molecular complexity index is 2810. The van der Waals surface area contributed by atoms with Crippen LogP contribution < -0.4 is 4.90 Å². The number of hydrogen-bond donors (Lipinski definition) is 0. The molecule has 0 atom stereocenters. The summed E-state index contributed by atoms with van der Waals surface area (Å²) in [6, 6.07) is 61.5. The predicted octanol–water partition coefficient (Wildman–Crippen LogP) is 14.4. The zero-order valence-corrected chi connectivity index (χ0v) is 30.5. The fourth-order valence-corrected chi connectivity index (χ4v) is 9.85. The molecule has 2 aliphatic rings. The molecule has 0 saturated heterocycles. The van der Waals surface area contributed by atoms with Gasteiger partial charge in [-0.3, -0.25) is 0 Å². The van der Waals surface area contributed by atoms with Gasteiger partial charge in [0.1, 0.15) is 0 Å². The van der Waals surface area contributed by atoms with Crippen molar-refractivity contribution in [2.45, 2.75) is 38.5 Å². The highest BCUT2D eigenvalue weighted by Crippen LogP contribution is 2.58. The molecule has 1 heteroatoms. The van der Waals surface area contributed by atoms with Gasteiger partial charge in [0.05, 0.1) is 11.4 Å². The molecule has 9 aromatic carbocycles. The third-order valence-corrected chi connectivity index (χ3v) is 12.5. The Morgan fingerprint density at radius 3 is 1.13 bits per heavy atom. The van der Waals surface area contributed by atoms with Crippen LogP contribution in [0.5, 0.6) is 0 Å². The van der Waals surface area contributed by atoms with Crippen molar-refractivity contribution < 1.29 is 0 Å². The first-order valence-electron chi connectivity index (χ1n) is 18.9. The molecule has 53 heavy (non-hydrogen) atoms. The van der Waals surface area contributed by atoms with E-state index < -0.39 is 0 Å². The molecule has 11 rings (SSSR count). The van der Waals surface area contributed by atoms with Crippen molar-refractivity contribution in [3.8, 4) is 22.3 Å². The van der Waals surface area contributed by atoms with Crippen molar-refractivity contribution in [2.24, 2.45) is 0 Å². The van der Waals surface area contributed by atoms with Gasteiger partial charge in [0, 0.05) is 27.3 Å². The summed E-state index contributed by atoms with van der Waals surface area (Å²) in [5.41, 5.74) is 14.2. The Balaban J connectivity index is 1.23. The molecule has 0 saturated carbocycles. The third-order valence-electron chi connectivity index (χ3n) is 12.5. The largest absolute Gasteiger partial charge is 0.309 e. The summed E-state index contributed by atoms with van der Waals surface area (Å²) in [5.74, 6) is 0. The van der Waals surface area contributed by atoms with Crippen LogP contribution in [0, 0.1) is 0 Å². The maximum absolute atomic E-state index is 2.55. The Kier molecular flexibility index (Phi) is 6.14. The van der Waals surface area contributed by atoms with Gasteiger partial charge in [-0.25, -0.2) is 0 Å². The zero-order chi connectivity index (χ0) is 35.6. The smallest absolute Gasteiger partial charge is 0.0543 e. The normalized spacial score (nSPS) is 14.7. The van der Waals surface area contributed by atoms with E-state index in [1.54, 1.807) is 0 Å². The monoisotopic (exact) mass is 677 g/mol. The van der Waals surface area contributed by atoms with Crippen LogP contribution in [0.2, 0.25) is 0 Å². The van der Waals surface area contributed by atoms with Crippen LogP contribution in [0.3, 0.4) is 0 Å². The second-order valence-corrected chi connectivity index (χ2v) is 16.1. The van der Waals surface area contributed by atoms with Crippen LogP contribution in [0.25, 0.3) is 65.3 Å². The highest BCUT2D eigenvalue weighted by Gasteiger charge is 2.40. The minimum absolute atomic E-state index is 0.179. The van der Waals surface area contributed by atoms with Crippen molar-refractivity contribution >= 4 is 60.2 Å². The first-order chi connectivity index (χ1) is 25.8. The zero-order valence-electron chi connectivity index (χ0n) is 30.5. The van der Waals surface area contributed by atoms with Gasteiger partial charge in [0.2, 0.25) is 0 Å². The fourth-order valence-electron chi connectivity index (χ4n) is 9.85. The lowest BCUT2D eigenvalue weighted by molar-refractivity contribution is 0.661. The maximum atomic E-state index is 2.55. The quantitative estimate of drug-likeness (QED) is 0.180. The predicted molar refractivity (Wildman–Crippen MR) is 226 cm³/mol. The molecule has 1 nitrogen and oxygen atoms in total. The minimum Gasteiger partial charge on any atom is -0.309 e. The van der Waals surface area contributed by atoms with Crippen molar-refractivity contribution in [2.75, 3.05) is 4.90 Å². The molecule has 0 radical (unpaired) electrons. The molecular formula is C52H39N. The highest BCUT2D eigenvalue weighted by molar-refractivity contribution is 6.15. The summed E-state index contributed by atoms with van der Waals surface area (Å²) in [7, 11) is 0. The van der Waals surface area contributed by atoms with Crippen LogP contribution in [0.4, 0.5) is 17.1 Å². The first-order valence-corrected chi connectivity index (χ1v) is 18.9. The SMILES string of the molecule is CC1(C)c2cc3ccccc3cc2-c2c1cc(N(c1ccccc1)c1cc3c(c4ccccc14)-c1cc4ccccc4cc1C3(C)C)c1ccccc21. The van der Waals surface area contributed by atoms with Crippen molar-refractivity contribution in [1.29, 1.82) is 0 Å². The highest BCUT2D eigenvalue weighted by atomic mass is 15.1. The van der Waals surface area contributed by atoms with E-state index in [4.69, 9.17) is 0 Å². The lowest BCUT2D eigenvalue weighted by Gasteiger charge is -2.32. The molecule has 9 aromatic rings. The van der Waals surface area contributed by atoms with Gasteiger partial charge in [-0.2, -0.15) is 0 Å². The Morgan fingerprint density at radius 1 is 0.340 bits per heavy atom. The van der Waals surface area contributed by atoms with Gasteiger partial charge in [-0.05, 0) is 125 Å². The number of anilines is 3. The third kappa shape index (κ3) is 4.14. The molecule has 0 bridgehead atoms. The molecule has 0 N–H and O–H groups in total. The summed E-state index contributed by atoms with van der Waals surface area (Å²) in [5, 5.41) is 10.3. The fraction of sp³-hybridized carbons (Fsp3) is 0.115. The van der Waals surface area contributed by atoms with Gasteiger partial charge < -0.3 is 4.90 Å². The van der Waals surface area contributed by atoms with Crippen LogP contribution >= 0.6 is 0 Å². The van der Waals surface area contributed by atoms with E-state index in [1.165, 1.54) is 99.0 Å². The van der Waals surface area contributed by atoms with Crippen LogP contribution in [0.15, 0.2) is 164 Å². The number of rotatable bonds is 3. The second kappa shape index (κ2) is 10.7. The molecule has 0 unspecified atom stereocenters. The van der Waals surface area contributed by atoms with E-state index in [0.717, 1.165) is 5.69 Å². The molecule has 2 aliphatic carbocycles. The van der Waals surface area contributed by atoms with E-state index in [0.29, 0.717) is 0 Å². The second-order valence-electron chi connectivity index (χ2n) is 16.1. The maximum Gasteiger partial charge on any atom is 0.0543 e. The topological polar surface area (TPSA) is 3.24 Å². The van der Waals surface area contributed by atoms with Gasteiger partial charge in [0.15, 0.2) is 0 Å². The summed E-state index contributed by atoms with van der Waals surface area (Å²) in [6.07, 6.45) is 0. The van der Waals surface area contributed by atoms with E-state index >= 15 is 0 Å². The van der Waals surface area contributed by atoms with E-state index in [9.17, 15) is 0 Å². The van der Waals surface area contributed by atoms with E-state index in [-0.39, 0.29) is 10.8 Å². The van der Waals surface area contributed by atoms with Crippen LogP contribution in [-0.4, -0.2) is 0 Å². The van der Waals surface area contributed by atoms with E-state index in [2.05, 4.69) is 196 Å². The average Bonchev–Trinajstić information content (AvgIpc) is 3.55. The molecule has 0 aromatic heterocycles. The average molecular weight is 678 g/mol. The lowest BCUT2D eigenvalue weighted by atomic mass is 9.80. The minimum atomic E-state index is -0.179.